The summed E-state index contributed by atoms with van der Waals surface area (Å²) in [6, 6.07) is 9.40. The Morgan fingerprint density at radius 3 is 2.76 bits per heavy atom. The maximum atomic E-state index is 12.2. The number of aromatic nitrogens is 4. The van der Waals surface area contributed by atoms with Crippen LogP contribution in [0.1, 0.15) is 28.9 Å². The number of hydrogen-bond acceptors (Lipinski definition) is 5. The number of benzene rings is 1. The van der Waals surface area contributed by atoms with Gasteiger partial charge in [-0.1, -0.05) is 12.1 Å². The maximum absolute atomic E-state index is 12.2. The van der Waals surface area contributed by atoms with Crippen LogP contribution < -0.4 is 5.32 Å². The summed E-state index contributed by atoms with van der Waals surface area (Å²) in [6.07, 6.45) is 2.77. The third-order valence-electron chi connectivity index (χ3n) is 4.11. The van der Waals surface area contributed by atoms with E-state index in [1.54, 1.807) is 4.52 Å². The molecule has 3 rings (SSSR count). The molecule has 1 aromatic carbocycles. The van der Waals surface area contributed by atoms with E-state index in [4.69, 9.17) is 5.26 Å². The van der Waals surface area contributed by atoms with Crippen LogP contribution in [0.25, 0.3) is 5.78 Å². The number of nitrogens with zero attached hydrogens (tertiary/aromatic N) is 5. The monoisotopic (exact) mass is 334 g/mol. The van der Waals surface area contributed by atoms with E-state index < -0.39 is 0 Å². The lowest BCUT2D eigenvalue weighted by atomic mass is 10.1. The molecule has 0 radical (unpaired) electrons. The number of aryl methyl sites for hydroxylation is 2. The number of fused-ring (bicyclic) bond motifs is 1. The van der Waals surface area contributed by atoms with Crippen molar-refractivity contribution in [3.05, 3.63) is 53.1 Å². The van der Waals surface area contributed by atoms with Crippen LogP contribution in [0.5, 0.6) is 0 Å². The van der Waals surface area contributed by atoms with Gasteiger partial charge in [-0.2, -0.15) is 15.3 Å². The normalized spacial score (nSPS) is 10.6. The summed E-state index contributed by atoms with van der Waals surface area (Å²) in [4.78, 5) is 20.7. The number of anilines is 1. The summed E-state index contributed by atoms with van der Waals surface area (Å²) < 4.78 is 1.69. The van der Waals surface area contributed by atoms with E-state index in [1.807, 2.05) is 38.1 Å². The fraction of sp³-hybridized carbons (Fsp3) is 0.278. The minimum absolute atomic E-state index is 0.0643. The number of carbonyl (C=O) groups is 1. The van der Waals surface area contributed by atoms with Crippen LogP contribution in [0.15, 0.2) is 30.6 Å². The van der Waals surface area contributed by atoms with Crippen molar-refractivity contribution in [1.29, 1.82) is 5.26 Å². The summed E-state index contributed by atoms with van der Waals surface area (Å²) in [7, 11) is 0. The highest BCUT2D eigenvalue weighted by atomic mass is 16.1. The average Bonchev–Trinajstić information content (AvgIpc) is 3.05. The fourth-order valence-electron chi connectivity index (χ4n) is 2.78. The summed E-state index contributed by atoms with van der Waals surface area (Å²) in [6.45, 7) is 3.88. The first kappa shape index (κ1) is 16.6. The molecule has 0 saturated carbocycles. The molecular weight excluding hydrogens is 316 g/mol. The smallest absolute Gasteiger partial charge is 0.252 e. The number of amides is 1. The molecule has 126 valence electrons. The highest BCUT2D eigenvalue weighted by molar-refractivity contribution is 5.90. The molecule has 0 saturated heterocycles. The van der Waals surface area contributed by atoms with Crippen molar-refractivity contribution in [3.8, 4) is 6.07 Å². The van der Waals surface area contributed by atoms with Crippen LogP contribution in [0.3, 0.4) is 0 Å². The molecule has 0 aliphatic rings. The number of nitrogens with one attached hydrogen (secondary N) is 1. The minimum Gasteiger partial charge on any atom is -0.326 e. The van der Waals surface area contributed by atoms with E-state index in [2.05, 4.69) is 26.5 Å². The van der Waals surface area contributed by atoms with Crippen molar-refractivity contribution >= 4 is 17.4 Å². The van der Waals surface area contributed by atoms with Gasteiger partial charge < -0.3 is 5.32 Å². The number of hydrogen-bond donors (Lipinski definition) is 1. The van der Waals surface area contributed by atoms with Gasteiger partial charge in [0.05, 0.1) is 12.5 Å². The summed E-state index contributed by atoms with van der Waals surface area (Å²) in [5.74, 6) is 0.506. The van der Waals surface area contributed by atoms with E-state index in [1.165, 1.54) is 6.33 Å². The highest BCUT2D eigenvalue weighted by Gasteiger charge is 2.12. The molecular formula is C18H18N6O. The molecule has 2 heterocycles. The highest BCUT2D eigenvalue weighted by Crippen LogP contribution is 2.16. The Morgan fingerprint density at radius 2 is 2.04 bits per heavy atom. The molecule has 7 nitrogen and oxygen atoms in total. The summed E-state index contributed by atoms with van der Waals surface area (Å²) in [5.41, 5.74) is 4.49. The zero-order valence-corrected chi connectivity index (χ0v) is 14.2. The first-order valence-electron chi connectivity index (χ1n) is 8.00. The quantitative estimate of drug-likeness (QED) is 0.773. The number of nitriles is 1. The van der Waals surface area contributed by atoms with Gasteiger partial charge in [0, 0.05) is 23.5 Å². The lowest BCUT2D eigenvalue weighted by molar-refractivity contribution is -0.116. The first-order chi connectivity index (χ1) is 12.1. The second kappa shape index (κ2) is 7.09. The molecule has 3 aromatic rings. The summed E-state index contributed by atoms with van der Waals surface area (Å²) in [5, 5.41) is 15.7. The molecule has 0 spiro atoms. The second-order valence-electron chi connectivity index (χ2n) is 5.81. The lowest BCUT2D eigenvalue weighted by Gasteiger charge is -2.10. The first-order valence-corrected chi connectivity index (χ1v) is 8.00. The third kappa shape index (κ3) is 3.63. The molecule has 0 fully saturated rings. The van der Waals surface area contributed by atoms with E-state index in [0.29, 0.717) is 25.0 Å². The van der Waals surface area contributed by atoms with E-state index in [9.17, 15) is 4.79 Å². The standard InChI is InChI=1S/C18H18N6O/c1-12-16(13(2)24-18(22-12)20-11-21-24)7-8-17(25)23-15-5-3-14(4-6-15)9-10-19/h3-6,11H,7-9H2,1-2H3,(H,23,25). The van der Waals surface area contributed by atoms with Gasteiger partial charge in [0.15, 0.2) is 0 Å². The molecule has 2 aromatic heterocycles. The van der Waals surface area contributed by atoms with Gasteiger partial charge in [-0.05, 0) is 43.5 Å². The maximum Gasteiger partial charge on any atom is 0.252 e. The number of carbonyl (C=O) groups excluding carboxylic acids is 1. The van der Waals surface area contributed by atoms with Crippen molar-refractivity contribution in [2.24, 2.45) is 0 Å². The van der Waals surface area contributed by atoms with E-state index >= 15 is 0 Å². The topological polar surface area (TPSA) is 96.0 Å². The Hall–Kier alpha value is -3.27. The zero-order chi connectivity index (χ0) is 17.8. The van der Waals surface area contributed by atoms with Crippen LogP contribution >= 0.6 is 0 Å². The Bertz CT molecular complexity index is 952. The molecule has 0 aliphatic heterocycles. The van der Waals surface area contributed by atoms with Crippen molar-refractivity contribution in [2.75, 3.05) is 5.32 Å². The van der Waals surface area contributed by atoms with Crippen molar-refractivity contribution in [3.63, 3.8) is 0 Å². The van der Waals surface area contributed by atoms with Gasteiger partial charge in [0.2, 0.25) is 5.91 Å². The lowest BCUT2D eigenvalue weighted by Crippen LogP contribution is -2.14. The third-order valence-corrected chi connectivity index (χ3v) is 4.11. The number of rotatable bonds is 5. The van der Waals surface area contributed by atoms with Gasteiger partial charge >= 0.3 is 0 Å². The van der Waals surface area contributed by atoms with Gasteiger partial charge in [-0.15, -0.1) is 0 Å². The van der Waals surface area contributed by atoms with Crippen LogP contribution in [-0.2, 0) is 17.6 Å². The Morgan fingerprint density at radius 1 is 1.28 bits per heavy atom. The molecule has 7 heteroatoms. The van der Waals surface area contributed by atoms with Crippen molar-refractivity contribution in [2.45, 2.75) is 33.1 Å². The van der Waals surface area contributed by atoms with Gasteiger partial charge in [-0.25, -0.2) is 9.50 Å². The zero-order valence-electron chi connectivity index (χ0n) is 14.2. The van der Waals surface area contributed by atoms with Crippen LogP contribution in [-0.4, -0.2) is 25.5 Å². The second-order valence-corrected chi connectivity index (χ2v) is 5.81. The predicted octanol–water partition coefficient (Wildman–Crippen LogP) is 2.38. The summed E-state index contributed by atoms with van der Waals surface area (Å²) >= 11 is 0. The molecule has 0 bridgehead atoms. The molecule has 0 aliphatic carbocycles. The largest absolute Gasteiger partial charge is 0.326 e. The van der Waals surface area contributed by atoms with Crippen molar-refractivity contribution < 1.29 is 4.79 Å². The molecule has 1 N–H and O–H groups in total. The van der Waals surface area contributed by atoms with Crippen molar-refractivity contribution in [1.82, 2.24) is 19.6 Å². The SMILES string of the molecule is Cc1nc2ncnn2c(C)c1CCC(=O)Nc1ccc(CC#N)cc1. The Kier molecular flexibility index (Phi) is 4.70. The van der Waals surface area contributed by atoms with Gasteiger partial charge in [0.1, 0.15) is 6.33 Å². The van der Waals surface area contributed by atoms with Crippen LogP contribution in [0, 0.1) is 25.2 Å². The van der Waals surface area contributed by atoms with Gasteiger partial charge in [-0.3, -0.25) is 4.79 Å². The van der Waals surface area contributed by atoms with Crippen LogP contribution in [0.2, 0.25) is 0 Å². The molecule has 1 amide bonds. The Balaban J connectivity index is 1.65. The predicted molar refractivity (Wildman–Crippen MR) is 93.0 cm³/mol. The molecule has 0 atom stereocenters. The minimum atomic E-state index is -0.0643. The van der Waals surface area contributed by atoms with E-state index in [-0.39, 0.29) is 5.91 Å². The molecule has 0 unspecified atom stereocenters. The average molecular weight is 334 g/mol. The van der Waals surface area contributed by atoms with Gasteiger partial charge in [0.25, 0.3) is 5.78 Å². The Labute approximate surface area is 145 Å². The fourth-order valence-corrected chi connectivity index (χ4v) is 2.78. The molecule has 25 heavy (non-hydrogen) atoms. The van der Waals surface area contributed by atoms with Crippen LogP contribution in [0.4, 0.5) is 5.69 Å². The van der Waals surface area contributed by atoms with E-state index in [0.717, 1.165) is 28.2 Å².